The Kier molecular flexibility index (Phi) is 5.86. The Bertz CT molecular complexity index is 949. The molecule has 0 radical (unpaired) electrons. The van der Waals surface area contributed by atoms with Gasteiger partial charge in [-0.1, -0.05) is 6.07 Å². The average Bonchev–Trinajstić information content (AvgIpc) is 3.28. The van der Waals surface area contributed by atoms with Crippen LogP contribution >= 0.6 is 0 Å². The minimum atomic E-state index is -4.59. The first-order valence-corrected chi connectivity index (χ1v) is 8.95. The lowest BCUT2D eigenvalue weighted by molar-refractivity contribution is -0.180. The van der Waals surface area contributed by atoms with Crippen molar-refractivity contribution in [1.82, 2.24) is 25.1 Å². The number of likely N-dealkylation sites (tertiary alicyclic amines) is 1. The van der Waals surface area contributed by atoms with Crippen LogP contribution < -0.4 is 0 Å². The molecule has 0 unspecified atom stereocenters. The first kappa shape index (κ1) is 21.8. The van der Waals surface area contributed by atoms with Crippen LogP contribution in [0.3, 0.4) is 0 Å². The molecule has 30 heavy (non-hydrogen) atoms. The standard InChI is InChI=1S/C18H17F6N5O/c1-11-25-27-29(26-11)10-13-9-14(17(19,20)21)6-4-12(13)5-7-16(30)28-8-2-3-15(28)18(22,23)24/h4-7,9,15H,2-3,8,10H2,1H3/b7-5+/t15-/m0/s1. The van der Waals surface area contributed by atoms with E-state index in [0.717, 1.165) is 34.0 Å². The summed E-state index contributed by atoms with van der Waals surface area (Å²) in [5.74, 6) is -0.531. The molecule has 1 aromatic carbocycles. The van der Waals surface area contributed by atoms with Crippen molar-refractivity contribution in [2.24, 2.45) is 0 Å². The highest BCUT2D eigenvalue weighted by Gasteiger charge is 2.47. The fourth-order valence-corrected chi connectivity index (χ4v) is 3.25. The number of alkyl halides is 6. The van der Waals surface area contributed by atoms with E-state index in [1.165, 1.54) is 6.08 Å². The van der Waals surface area contributed by atoms with Gasteiger partial charge in [0, 0.05) is 12.6 Å². The first-order chi connectivity index (χ1) is 13.9. The molecule has 1 aliphatic heterocycles. The molecule has 2 heterocycles. The second kappa shape index (κ2) is 8.07. The van der Waals surface area contributed by atoms with Crippen molar-refractivity contribution in [3.63, 3.8) is 0 Å². The minimum Gasteiger partial charge on any atom is -0.327 e. The van der Waals surface area contributed by atoms with Crippen LogP contribution in [0, 0.1) is 6.92 Å². The van der Waals surface area contributed by atoms with Gasteiger partial charge in [-0.3, -0.25) is 4.79 Å². The van der Waals surface area contributed by atoms with Gasteiger partial charge < -0.3 is 4.90 Å². The quantitative estimate of drug-likeness (QED) is 0.546. The molecule has 1 saturated heterocycles. The molecule has 0 N–H and O–H groups in total. The Morgan fingerprint density at radius 3 is 2.57 bits per heavy atom. The molecule has 1 aliphatic rings. The molecule has 1 aromatic heterocycles. The van der Waals surface area contributed by atoms with Crippen LogP contribution in [-0.4, -0.2) is 49.8 Å². The fourth-order valence-electron chi connectivity index (χ4n) is 3.25. The number of benzene rings is 1. The molecular weight excluding hydrogens is 416 g/mol. The van der Waals surface area contributed by atoms with Crippen molar-refractivity contribution in [2.45, 2.75) is 44.7 Å². The molecular formula is C18H17F6N5O. The number of rotatable bonds is 4. The van der Waals surface area contributed by atoms with Crippen molar-refractivity contribution in [2.75, 3.05) is 6.54 Å². The van der Waals surface area contributed by atoms with Gasteiger partial charge >= 0.3 is 12.4 Å². The van der Waals surface area contributed by atoms with Crippen LogP contribution in [0.2, 0.25) is 0 Å². The minimum absolute atomic E-state index is 0.0324. The van der Waals surface area contributed by atoms with Crippen LogP contribution in [0.1, 0.15) is 35.4 Å². The molecule has 0 bridgehead atoms. The number of hydrogen-bond donors (Lipinski definition) is 0. The molecule has 3 rings (SSSR count). The van der Waals surface area contributed by atoms with E-state index in [1.54, 1.807) is 6.92 Å². The molecule has 1 amide bonds. The third-order valence-electron chi connectivity index (χ3n) is 4.65. The van der Waals surface area contributed by atoms with Gasteiger partial charge in [-0.05, 0) is 54.3 Å². The maximum Gasteiger partial charge on any atom is 0.416 e. The van der Waals surface area contributed by atoms with Gasteiger partial charge in [-0.15, -0.1) is 10.2 Å². The van der Waals surface area contributed by atoms with Crippen molar-refractivity contribution in [3.05, 3.63) is 46.8 Å². The van der Waals surface area contributed by atoms with Crippen LogP contribution in [0.5, 0.6) is 0 Å². The van der Waals surface area contributed by atoms with Crippen molar-refractivity contribution < 1.29 is 31.1 Å². The lowest BCUT2D eigenvalue weighted by Crippen LogP contribution is -2.43. The van der Waals surface area contributed by atoms with Gasteiger partial charge in [0.05, 0.1) is 12.1 Å². The molecule has 2 aromatic rings. The van der Waals surface area contributed by atoms with Crippen molar-refractivity contribution in [1.29, 1.82) is 0 Å². The number of halogens is 6. The summed E-state index contributed by atoms with van der Waals surface area (Å²) in [6.45, 7) is 1.37. The van der Waals surface area contributed by atoms with Crippen LogP contribution in [0.15, 0.2) is 24.3 Å². The predicted octanol–water partition coefficient (Wildman–Crippen LogP) is 3.62. The van der Waals surface area contributed by atoms with Crippen LogP contribution in [0.25, 0.3) is 6.08 Å². The number of aromatic nitrogens is 4. The summed E-state index contributed by atoms with van der Waals surface area (Å²) >= 11 is 0. The highest BCUT2D eigenvalue weighted by atomic mass is 19.4. The second-order valence-corrected chi connectivity index (χ2v) is 6.84. The number of hydrogen-bond acceptors (Lipinski definition) is 4. The van der Waals surface area contributed by atoms with E-state index in [9.17, 15) is 31.1 Å². The molecule has 1 atom stereocenters. The lowest BCUT2D eigenvalue weighted by atomic mass is 10.0. The fraction of sp³-hybridized carbons (Fsp3) is 0.444. The molecule has 162 valence electrons. The Morgan fingerprint density at radius 2 is 1.97 bits per heavy atom. The largest absolute Gasteiger partial charge is 0.416 e. The number of amides is 1. The Labute approximate surface area is 167 Å². The normalized spacial score (nSPS) is 17.8. The summed E-state index contributed by atoms with van der Waals surface area (Å²) in [4.78, 5) is 14.1. The number of carbonyl (C=O) groups is 1. The molecule has 1 fully saturated rings. The average molecular weight is 433 g/mol. The molecule has 0 aliphatic carbocycles. The maximum atomic E-state index is 13.1. The summed E-state index contributed by atoms with van der Waals surface area (Å²) in [6.07, 6.45) is -6.92. The van der Waals surface area contributed by atoms with Gasteiger partial charge in [0.1, 0.15) is 6.04 Å². The zero-order valence-electron chi connectivity index (χ0n) is 15.7. The third-order valence-corrected chi connectivity index (χ3v) is 4.65. The van der Waals surface area contributed by atoms with E-state index in [4.69, 9.17) is 0 Å². The predicted molar refractivity (Wildman–Crippen MR) is 92.9 cm³/mol. The molecule has 6 nitrogen and oxygen atoms in total. The smallest absolute Gasteiger partial charge is 0.327 e. The van der Waals surface area contributed by atoms with Crippen LogP contribution in [-0.2, 0) is 17.5 Å². The summed E-state index contributed by atoms with van der Waals surface area (Å²) in [6, 6.07) is 1.01. The number of nitrogens with zero attached hydrogens (tertiary/aromatic N) is 5. The maximum absolute atomic E-state index is 13.1. The Hall–Kier alpha value is -2.92. The van der Waals surface area contributed by atoms with E-state index >= 15 is 0 Å². The van der Waals surface area contributed by atoms with Crippen molar-refractivity contribution in [3.8, 4) is 0 Å². The molecule has 12 heteroatoms. The van der Waals surface area contributed by atoms with E-state index in [-0.39, 0.29) is 37.1 Å². The Balaban J connectivity index is 1.87. The highest BCUT2D eigenvalue weighted by molar-refractivity contribution is 5.92. The zero-order valence-corrected chi connectivity index (χ0v) is 15.7. The van der Waals surface area contributed by atoms with Crippen molar-refractivity contribution >= 4 is 12.0 Å². The first-order valence-electron chi connectivity index (χ1n) is 8.95. The van der Waals surface area contributed by atoms with E-state index in [1.807, 2.05) is 0 Å². The summed E-state index contributed by atoms with van der Waals surface area (Å²) in [7, 11) is 0. The van der Waals surface area contributed by atoms with Gasteiger partial charge in [-0.2, -0.15) is 31.1 Å². The summed E-state index contributed by atoms with van der Waals surface area (Å²) in [5, 5.41) is 11.3. The van der Waals surface area contributed by atoms with Gasteiger partial charge in [-0.25, -0.2) is 0 Å². The zero-order chi connectivity index (χ0) is 22.1. The lowest BCUT2D eigenvalue weighted by Gasteiger charge is -2.25. The molecule has 0 saturated carbocycles. The van der Waals surface area contributed by atoms with Gasteiger partial charge in [0.25, 0.3) is 0 Å². The third kappa shape index (κ3) is 4.97. The number of aryl methyl sites for hydroxylation is 1. The van der Waals surface area contributed by atoms with E-state index in [0.29, 0.717) is 5.82 Å². The molecule has 0 spiro atoms. The topological polar surface area (TPSA) is 63.9 Å². The number of tetrazole rings is 1. The highest BCUT2D eigenvalue weighted by Crippen LogP contribution is 2.33. The monoisotopic (exact) mass is 433 g/mol. The Morgan fingerprint density at radius 1 is 1.23 bits per heavy atom. The SMILES string of the molecule is Cc1nnn(Cc2cc(C(F)(F)F)ccc2/C=C/C(=O)N2CCC[C@H]2C(F)(F)F)n1. The summed E-state index contributed by atoms with van der Waals surface area (Å²) in [5.41, 5.74) is -0.538. The van der Waals surface area contributed by atoms with Crippen LogP contribution in [0.4, 0.5) is 26.3 Å². The second-order valence-electron chi connectivity index (χ2n) is 6.84. The summed E-state index contributed by atoms with van der Waals surface area (Å²) < 4.78 is 78.4. The van der Waals surface area contributed by atoms with E-state index < -0.39 is 29.9 Å². The van der Waals surface area contributed by atoms with Gasteiger partial charge in [0.2, 0.25) is 5.91 Å². The van der Waals surface area contributed by atoms with Gasteiger partial charge in [0.15, 0.2) is 5.82 Å². The number of carbonyl (C=O) groups excluding carboxylic acids is 1. The van der Waals surface area contributed by atoms with E-state index in [2.05, 4.69) is 15.4 Å².